The number of hydrogen-bond donors (Lipinski definition) is 2. The minimum absolute atomic E-state index is 0.265. The van der Waals surface area contributed by atoms with Crippen molar-refractivity contribution in [2.75, 3.05) is 19.8 Å². The highest BCUT2D eigenvalue weighted by molar-refractivity contribution is 6.09. The van der Waals surface area contributed by atoms with E-state index < -0.39 is 11.6 Å². The van der Waals surface area contributed by atoms with Gasteiger partial charge in [0.25, 0.3) is 5.91 Å². The molecule has 2 N–H and O–H groups in total. The third-order valence-corrected chi connectivity index (χ3v) is 4.50. The van der Waals surface area contributed by atoms with E-state index in [2.05, 4.69) is 10.6 Å². The molecule has 24 heavy (non-hydrogen) atoms. The van der Waals surface area contributed by atoms with Gasteiger partial charge in [-0.1, -0.05) is 29.8 Å². The number of imide groups is 1. The van der Waals surface area contributed by atoms with Gasteiger partial charge < -0.3 is 15.4 Å². The Balaban J connectivity index is 1.56. The molecule has 0 bridgehead atoms. The zero-order valence-corrected chi connectivity index (χ0v) is 13.6. The second-order valence-corrected chi connectivity index (χ2v) is 6.28. The van der Waals surface area contributed by atoms with Crippen LogP contribution in [-0.4, -0.2) is 48.0 Å². The highest BCUT2D eigenvalue weighted by Gasteiger charge is 2.52. The summed E-state index contributed by atoms with van der Waals surface area (Å²) in [6, 6.07) is 7.29. The molecule has 2 aliphatic rings. The second-order valence-electron chi connectivity index (χ2n) is 6.28. The van der Waals surface area contributed by atoms with Crippen molar-refractivity contribution in [2.24, 2.45) is 0 Å². The van der Waals surface area contributed by atoms with Crippen molar-refractivity contribution in [3.8, 4) is 0 Å². The van der Waals surface area contributed by atoms with E-state index in [9.17, 15) is 14.4 Å². The Bertz CT molecular complexity index is 650. The van der Waals surface area contributed by atoms with Crippen LogP contribution in [0, 0.1) is 6.92 Å². The first-order chi connectivity index (χ1) is 11.5. The molecule has 0 atom stereocenters. The summed E-state index contributed by atoms with van der Waals surface area (Å²) in [5, 5.41) is 5.47. The monoisotopic (exact) mass is 331 g/mol. The quantitative estimate of drug-likeness (QED) is 0.796. The van der Waals surface area contributed by atoms with E-state index in [-0.39, 0.29) is 18.4 Å². The van der Waals surface area contributed by atoms with Gasteiger partial charge in [-0.2, -0.15) is 0 Å². The fraction of sp³-hybridized carbons (Fsp3) is 0.471. The molecule has 3 rings (SSSR count). The highest BCUT2D eigenvalue weighted by Crippen LogP contribution is 2.28. The third kappa shape index (κ3) is 3.26. The first kappa shape index (κ1) is 16.4. The number of carbonyl (C=O) groups excluding carboxylic acids is 3. The van der Waals surface area contributed by atoms with Gasteiger partial charge in [0.2, 0.25) is 5.91 Å². The molecular formula is C17H21N3O4. The Morgan fingerprint density at radius 3 is 2.58 bits per heavy atom. The third-order valence-electron chi connectivity index (χ3n) is 4.50. The molecule has 0 saturated carbocycles. The lowest BCUT2D eigenvalue weighted by molar-refractivity contribution is -0.137. The second kappa shape index (κ2) is 6.60. The zero-order valence-electron chi connectivity index (χ0n) is 13.6. The van der Waals surface area contributed by atoms with Crippen LogP contribution in [0.2, 0.25) is 0 Å². The largest absolute Gasteiger partial charge is 0.381 e. The van der Waals surface area contributed by atoms with Crippen LogP contribution < -0.4 is 10.6 Å². The summed E-state index contributed by atoms with van der Waals surface area (Å²) >= 11 is 0. The first-order valence-electron chi connectivity index (χ1n) is 8.04. The number of benzene rings is 1. The van der Waals surface area contributed by atoms with Crippen molar-refractivity contribution < 1.29 is 19.1 Å². The van der Waals surface area contributed by atoms with E-state index >= 15 is 0 Å². The van der Waals surface area contributed by atoms with Crippen LogP contribution in [0.5, 0.6) is 0 Å². The van der Waals surface area contributed by atoms with Gasteiger partial charge >= 0.3 is 6.03 Å². The number of ether oxygens (including phenoxy) is 1. The number of hydrogen-bond acceptors (Lipinski definition) is 4. The van der Waals surface area contributed by atoms with Crippen molar-refractivity contribution in [2.45, 2.75) is 31.8 Å². The van der Waals surface area contributed by atoms with Gasteiger partial charge in [-0.25, -0.2) is 4.79 Å². The van der Waals surface area contributed by atoms with Gasteiger partial charge in [-0.05, 0) is 12.5 Å². The zero-order chi connectivity index (χ0) is 17.2. The molecule has 0 aliphatic carbocycles. The standard InChI is InChI=1S/C17H21N3O4/c1-12-2-4-13(5-3-12)10-18-14(21)11-20-15(22)17(19-16(20)23)6-8-24-9-7-17/h2-5H,6-11H2,1H3,(H,18,21)(H,19,23). The molecule has 0 radical (unpaired) electrons. The number of rotatable bonds is 4. The van der Waals surface area contributed by atoms with Crippen molar-refractivity contribution >= 4 is 17.8 Å². The lowest BCUT2D eigenvalue weighted by atomic mass is 9.90. The molecule has 1 aromatic rings. The van der Waals surface area contributed by atoms with Crippen molar-refractivity contribution in [1.82, 2.24) is 15.5 Å². The normalized spacial score (nSPS) is 19.5. The number of nitrogens with zero attached hydrogens (tertiary/aromatic N) is 1. The topological polar surface area (TPSA) is 87.7 Å². The van der Waals surface area contributed by atoms with Crippen molar-refractivity contribution in [1.29, 1.82) is 0 Å². The van der Waals surface area contributed by atoms with E-state index in [1.165, 1.54) is 0 Å². The molecule has 0 aromatic heterocycles. The Morgan fingerprint density at radius 2 is 1.92 bits per heavy atom. The maximum absolute atomic E-state index is 12.5. The van der Waals surface area contributed by atoms with E-state index in [0.29, 0.717) is 32.6 Å². The lowest BCUT2D eigenvalue weighted by Gasteiger charge is -2.30. The van der Waals surface area contributed by atoms with Crippen molar-refractivity contribution in [3.63, 3.8) is 0 Å². The molecule has 2 aliphatic heterocycles. The maximum Gasteiger partial charge on any atom is 0.325 e. The van der Waals surface area contributed by atoms with Crippen molar-refractivity contribution in [3.05, 3.63) is 35.4 Å². The van der Waals surface area contributed by atoms with Gasteiger partial charge in [-0.15, -0.1) is 0 Å². The van der Waals surface area contributed by atoms with Crippen LogP contribution in [0.25, 0.3) is 0 Å². The summed E-state index contributed by atoms with van der Waals surface area (Å²) in [6.07, 6.45) is 0.887. The Labute approximate surface area is 140 Å². The summed E-state index contributed by atoms with van der Waals surface area (Å²) in [5.41, 5.74) is 1.21. The molecular weight excluding hydrogens is 310 g/mol. The number of carbonyl (C=O) groups is 3. The Morgan fingerprint density at radius 1 is 1.25 bits per heavy atom. The molecule has 1 spiro atoms. The minimum Gasteiger partial charge on any atom is -0.381 e. The predicted octanol–water partition coefficient (Wildman–Crippen LogP) is 0.712. The number of amides is 4. The van der Waals surface area contributed by atoms with Gasteiger partial charge in [0, 0.05) is 32.6 Å². The number of aryl methyl sites for hydroxylation is 1. The number of nitrogens with one attached hydrogen (secondary N) is 2. The number of urea groups is 1. The maximum atomic E-state index is 12.5. The Hall–Kier alpha value is -2.41. The summed E-state index contributed by atoms with van der Waals surface area (Å²) in [6.45, 7) is 2.95. The smallest absolute Gasteiger partial charge is 0.325 e. The summed E-state index contributed by atoms with van der Waals surface area (Å²) in [4.78, 5) is 37.7. The molecule has 7 nitrogen and oxygen atoms in total. The van der Waals surface area contributed by atoms with Gasteiger partial charge in [0.1, 0.15) is 12.1 Å². The molecule has 2 heterocycles. The van der Waals surface area contributed by atoms with E-state index in [1.807, 2.05) is 31.2 Å². The van der Waals surface area contributed by atoms with Crippen LogP contribution in [0.1, 0.15) is 24.0 Å². The molecule has 7 heteroatoms. The summed E-state index contributed by atoms with van der Waals surface area (Å²) < 4.78 is 5.25. The van der Waals surface area contributed by atoms with E-state index in [4.69, 9.17) is 4.74 Å². The highest BCUT2D eigenvalue weighted by atomic mass is 16.5. The van der Waals surface area contributed by atoms with Gasteiger partial charge in [0.15, 0.2) is 0 Å². The van der Waals surface area contributed by atoms with Crippen LogP contribution >= 0.6 is 0 Å². The SMILES string of the molecule is Cc1ccc(CNC(=O)CN2C(=O)NC3(CCOCC3)C2=O)cc1. The van der Waals surface area contributed by atoms with Crippen LogP contribution in [-0.2, 0) is 20.9 Å². The Kier molecular flexibility index (Phi) is 4.53. The fourth-order valence-corrected chi connectivity index (χ4v) is 2.98. The van der Waals surface area contributed by atoms with E-state index in [1.54, 1.807) is 0 Å². The average Bonchev–Trinajstić information content (AvgIpc) is 2.79. The van der Waals surface area contributed by atoms with Crippen LogP contribution in [0.3, 0.4) is 0 Å². The molecule has 2 saturated heterocycles. The molecule has 4 amide bonds. The van der Waals surface area contributed by atoms with E-state index in [0.717, 1.165) is 16.0 Å². The fourth-order valence-electron chi connectivity index (χ4n) is 2.98. The average molecular weight is 331 g/mol. The molecule has 0 unspecified atom stereocenters. The molecule has 128 valence electrons. The van der Waals surface area contributed by atoms with Crippen LogP contribution in [0.4, 0.5) is 4.79 Å². The molecule has 1 aromatic carbocycles. The first-order valence-corrected chi connectivity index (χ1v) is 8.04. The minimum atomic E-state index is -0.896. The lowest BCUT2D eigenvalue weighted by Crippen LogP contribution is -2.51. The summed E-state index contributed by atoms with van der Waals surface area (Å²) in [5.74, 6) is -0.690. The molecule has 2 fully saturated rings. The van der Waals surface area contributed by atoms with Gasteiger partial charge in [0.05, 0.1) is 0 Å². The predicted molar refractivity (Wildman–Crippen MR) is 86.1 cm³/mol. The summed E-state index contributed by atoms with van der Waals surface area (Å²) in [7, 11) is 0. The van der Waals surface area contributed by atoms with Crippen LogP contribution in [0.15, 0.2) is 24.3 Å². The van der Waals surface area contributed by atoms with Gasteiger partial charge in [-0.3, -0.25) is 14.5 Å².